The second kappa shape index (κ2) is 14.3. The maximum Gasteiger partial charge on any atom is 0.319 e. The number of nitrogens with one attached hydrogen (secondary N) is 2. The molecule has 0 heterocycles. The summed E-state index contributed by atoms with van der Waals surface area (Å²) < 4.78 is 79.3. The Morgan fingerprint density at radius 1 is 0.818 bits per heavy atom. The Balaban J connectivity index is 2.87. The lowest BCUT2D eigenvalue weighted by molar-refractivity contribution is -0.251. The standard InChI is InChI=1S/C23H35F5N2O3/c1-5-8-9-10-11-12-13-15(23(4,32-6-2)33-7-3)14-29-22(31)30-21-19(27)17(25)16(24)18(26)20(21)28/h15H,5-14H2,1-4H3,(H2,29,30,31). The molecule has 5 nitrogen and oxygen atoms in total. The molecule has 33 heavy (non-hydrogen) atoms. The minimum atomic E-state index is -2.29. The first-order chi connectivity index (χ1) is 15.6. The highest BCUT2D eigenvalue weighted by Gasteiger charge is 2.36. The van der Waals surface area contributed by atoms with E-state index < -0.39 is 46.6 Å². The normalized spacial score (nSPS) is 12.6. The summed E-state index contributed by atoms with van der Waals surface area (Å²) in [6.45, 7) is 8.23. The molecular weight excluding hydrogens is 447 g/mol. The highest BCUT2D eigenvalue weighted by Crippen LogP contribution is 2.29. The van der Waals surface area contributed by atoms with Gasteiger partial charge >= 0.3 is 6.03 Å². The number of unbranched alkanes of at least 4 members (excludes halogenated alkanes) is 5. The Kier molecular flexibility index (Phi) is 12.7. The largest absolute Gasteiger partial charge is 0.350 e. The summed E-state index contributed by atoms with van der Waals surface area (Å²) in [5, 5.41) is 4.16. The fraction of sp³-hybridized carbons (Fsp3) is 0.696. The van der Waals surface area contributed by atoms with Crippen LogP contribution in [0.15, 0.2) is 0 Å². The average Bonchev–Trinajstić information content (AvgIpc) is 2.78. The van der Waals surface area contributed by atoms with E-state index in [0.717, 1.165) is 32.1 Å². The van der Waals surface area contributed by atoms with Crippen LogP contribution in [-0.2, 0) is 9.47 Å². The summed E-state index contributed by atoms with van der Waals surface area (Å²) in [5.41, 5.74) is -1.41. The molecule has 1 atom stereocenters. The maximum absolute atomic E-state index is 13.8. The van der Waals surface area contributed by atoms with Crippen molar-refractivity contribution in [2.24, 2.45) is 5.92 Å². The van der Waals surface area contributed by atoms with E-state index in [1.54, 1.807) is 12.2 Å². The van der Waals surface area contributed by atoms with Crippen LogP contribution >= 0.6 is 0 Å². The Morgan fingerprint density at radius 2 is 1.30 bits per heavy atom. The molecule has 1 aromatic carbocycles. The Hall–Kier alpha value is -1.94. The third-order valence-corrected chi connectivity index (χ3v) is 5.47. The Labute approximate surface area is 192 Å². The number of benzene rings is 1. The predicted molar refractivity (Wildman–Crippen MR) is 116 cm³/mol. The molecule has 0 bridgehead atoms. The summed E-state index contributed by atoms with van der Waals surface area (Å²) >= 11 is 0. The topological polar surface area (TPSA) is 59.6 Å². The van der Waals surface area contributed by atoms with Crippen LogP contribution in [-0.4, -0.2) is 31.6 Å². The van der Waals surface area contributed by atoms with Crippen LogP contribution in [0.1, 0.15) is 72.6 Å². The van der Waals surface area contributed by atoms with E-state index >= 15 is 0 Å². The minimum absolute atomic E-state index is 0.00664. The highest BCUT2D eigenvalue weighted by atomic mass is 19.2. The molecular formula is C23H35F5N2O3. The van der Waals surface area contributed by atoms with Gasteiger partial charge in [-0.3, -0.25) is 0 Å². The fourth-order valence-corrected chi connectivity index (χ4v) is 3.66. The smallest absolute Gasteiger partial charge is 0.319 e. The first-order valence-corrected chi connectivity index (χ1v) is 11.5. The maximum atomic E-state index is 13.8. The first-order valence-electron chi connectivity index (χ1n) is 11.5. The van der Waals surface area contributed by atoms with Crippen molar-refractivity contribution < 1.29 is 36.2 Å². The summed E-state index contributed by atoms with van der Waals surface area (Å²) in [7, 11) is 0. The third kappa shape index (κ3) is 8.41. The minimum Gasteiger partial charge on any atom is -0.350 e. The molecule has 0 aliphatic rings. The zero-order valence-corrected chi connectivity index (χ0v) is 19.8. The van der Waals surface area contributed by atoms with Gasteiger partial charge in [0.05, 0.1) is 0 Å². The van der Waals surface area contributed by atoms with E-state index in [0.29, 0.717) is 19.6 Å². The van der Waals surface area contributed by atoms with Crippen LogP contribution in [0.2, 0.25) is 0 Å². The zero-order chi connectivity index (χ0) is 25.0. The molecule has 0 saturated carbocycles. The van der Waals surface area contributed by atoms with Gasteiger partial charge in [-0.1, -0.05) is 45.4 Å². The van der Waals surface area contributed by atoms with Crippen LogP contribution in [0.4, 0.5) is 32.4 Å². The number of halogens is 5. The molecule has 0 radical (unpaired) electrons. The molecule has 2 amide bonds. The molecule has 0 aromatic heterocycles. The first kappa shape index (κ1) is 29.1. The molecule has 0 aliphatic heterocycles. The molecule has 2 N–H and O–H groups in total. The van der Waals surface area contributed by atoms with Gasteiger partial charge in [-0.25, -0.2) is 26.7 Å². The molecule has 1 aromatic rings. The molecule has 0 saturated heterocycles. The van der Waals surface area contributed by atoms with Crippen LogP contribution < -0.4 is 10.6 Å². The number of ether oxygens (including phenoxy) is 2. The van der Waals surface area contributed by atoms with Crippen molar-refractivity contribution in [1.82, 2.24) is 5.32 Å². The van der Waals surface area contributed by atoms with Crippen molar-refractivity contribution in [3.05, 3.63) is 29.1 Å². The average molecular weight is 483 g/mol. The quantitative estimate of drug-likeness (QED) is 0.0966. The van der Waals surface area contributed by atoms with Crippen molar-refractivity contribution in [2.45, 2.75) is 78.4 Å². The number of hydrogen-bond donors (Lipinski definition) is 2. The van der Waals surface area contributed by atoms with E-state index in [9.17, 15) is 26.7 Å². The Bertz CT molecular complexity index is 729. The Morgan fingerprint density at radius 3 is 1.82 bits per heavy atom. The van der Waals surface area contributed by atoms with Crippen molar-refractivity contribution >= 4 is 11.7 Å². The predicted octanol–water partition coefficient (Wildman–Crippen LogP) is 6.66. The van der Waals surface area contributed by atoms with Gasteiger partial charge in [-0.15, -0.1) is 0 Å². The molecule has 0 fully saturated rings. The van der Waals surface area contributed by atoms with Crippen LogP contribution in [0.25, 0.3) is 0 Å². The zero-order valence-electron chi connectivity index (χ0n) is 19.8. The van der Waals surface area contributed by atoms with Gasteiger partial charge in [0.25, 0.3) is 0 Å². The van der Waals surface area contributed by atoms with Crippen LogP contribution in [0.3, 0.4) is 0 Å². The number of rotatable bonds is 15. The SMILES string of the molecule is CCCCCCCCC(CNC(=O)Nc1c(F)c(F)c(F)c(F)c1F)C(C)(OCC)OCC. The van der Waals surface area contributed by atoms with Gasteiger partial charge in [0.1, 0.15) is 5.69 Å². The number of urea groups is 1. The lowest BCUT2D eigenvalue weighted by Crippen LogP contribution is -2.47. The number of amides is 2. The molecule has 0 aliphatic carbocycles. The molecule has 1 rings (SSSR count). The number of carbonyl (C=O) groups is 1. The van der Waals surface area contributed by atoms with Crippen LogP contribution in [0, 0.1) is 35.0 Å². The molecule has 1 unspecified atom stereocenters. The lowest BCUT2D eigenvalue weighted by atomic mass is 9.92. The van der Waals surface area contributed by atoms with E-state index in [1.165, 1.54) is 6.42 Å². The lowest BCUT2D eigenvalue weighted by Gasteiger charge is -2.37. The van der Waals surface area contributed by atoms with Crippen LogP contribution in [0.5, 0.6) is 0 Å². The van der Waals surface area contributed by atoms with Gasteiger partial charge < -0.3 is 20.1 Å². The van der Waals surface area contributed by atoms with Crippen molar-refractivity contribution in [2.75, 3.05) is 25.1 Å². The van der Waals surface area contributed by atoms with Gasteiger partial charge in [0.15, 0.2) is 29.1 Å². The van der Waals surface area contributed by atoms with E-state index in [2.05, 4.69) is 12.2 Å². The van der Waals surface area contributed by atoms with E-state index in [1.807, 2.05) is 13.8 Å². The van der Waals surface area contributed by atoms with Gasteiger partial charge in [-0.05, 0) is 27.2 Å². The number of hydrogen-bond acceptors (Lipinski definition) is 3. The van der Waals surface area contributed by atoms with Gasteiger partial charge in [0.2, 0.25) is 5.82 Å². The summed E-state index contributed by atoms with van der Waals surface area (Å²) in [6, 6.07) is -1.11. The second-order valence-electron chi connectivity index (χ2n) is 7.92. The summed E-state index contributed by atoms with van der Waals surface area (Å²) in [5.74, 6) is -12.1. The molecule has 0 spiro atoms. The number of anilines is 1. The van der Waals surface area contributed by atoms with Crippen molar-refractivity contribution in [3.63, 3.8) is 0 Å². The molecule has 190 valence electrons. The van der Waals surface area contributed by atoms with Gasteiger partial charge in [0, 0.05) is 25.7 Å². The van der Waals surface area contributed by atoms with Crippen molar-refractivity contribution in [3.8, 4) is 0 Å². The third-order valence-electron chi connectivity index (χ3n) is 5.47. The fourth-order valence-electron chi connectivity index (χ4n) is 3.66. The van der Waals surface area contributed by atoms with E-state index in [-0.39, 0.29) is 12.5 Å². The monoisotopic (exact) mass is 482 g/mol. The summed E-state index contributed by atoms with van der Waals surface area (Å²) in [4.78, 5) is 12.2. The highest BCUT2D eigenvalue weighted by molar-refractivity contribution is 5.89. The molecule has 10 heteroatoms. The van der Waals surface area contributed by atoms with Crippen molar-refractivity contribution in [1.29, 1.82) is 0 Å². The van der Waals surface area contributed by atoms with E-state index in [4.69, 9.17) is 9.47 Å². The second-order valence-corrected chi connectivity index (χ2v) is 7.92. The van der Waals surface area contributed by atoms with Gasteiger partial charge in [-0.2, -0.15) is 0 Å². The number of carbonyl (C=O) groups excluding carboxylic acids is 1. The summed E-state index contributed by atoms with van der Waals surface area (Å²) in [6.07, 6.45) is 7.00.